The van der Waals surface area contributed by atoms with Crippen molar-refractivity contribution in [2.45, 2.75) is 191 Å². The van der Waals surface area contributed by atoms with Crippen molar-refractivity contribution in [3.63, 3.8) is 0 Å². The number of aliphatic hydroxyl groups excluding tert-OH is 5. The van der Waals surface area contributed by atoms with Gasteiger partial charge in [-0.25, -0.2) is 4.57 Å². The number of aliphatic hydroxyl groups is 5. The Morgan fingerprint density at radius 2 is 1.09 bits per heavy atom. The largest absolute Gasteiger partial charge is 0.472 e. The minimum Gasteiger partial charge on any atom is -0.457 e. The Morgan fingerprint density at radius 3 is 1.68 bits per heavy atom. The number of unbranched alkanes of at least 4 members (excludes halogenated alkanes) is 15. The first-order valence-electron chi connectivity index (χ1n) is 20.3. The lowest BCUT2D eigenvalue weighted by Gasteiger charge is -2.41. The zero-order valence-electron chi connectivity index (χ0n) is 32.6. The van der Waals surface area contributed by atoms with Gasteiger partial charge in [0.1, 0.15) is 42.7 Å². The van der Waals surface area contributed by atoms with Crippen LogP contribution in [0, 0.1) is 0 Å². The molecule has 0 heterocycles. The van der Waals surface area contributed by atoms with E-state index in [1.807, 2.05) is 0 Å². The molecule has 0 spiro atoms. The normalized spacial score (nSPS) is 24.0. The van der Waals surface area contributed by atoms with Crippen molar-refractivity contribution in [1.29, 1.82) is 0 Å². The number of carbonyl (C=O) groups excluding carboxylic acids is 1. The average molecular weight is 777 g/mol. The van der Waals surface area contributed by atoms with E-state index >= 15 is 0 Å². The molecule has 0 amide bonds. The van der Waals surface area contributed by atoms with Crippen molar-refractivity contribution >= 4 is 13.8 Å². The Kier molecular flexibility index (Phi) is 29.7. The van der Waals surface area contributed by atoms with Crippen LogP contribution >= 0.6 is 7.82 Å². The summed E-state index contributed by atoms with van der Waals surface area (Å²) in [6.45, 7) is 4.11. The van der Waals surface area contributed by atoms with Crippen LogP contribution in [0.25, 0.3) is 0 Å². The topological polar surface area (TPSA) is 192 Å². The second kappa shape index (κ2) is 31.7. The number of allylic oxidation sites excluding steroid dienone is 6. The molecule has 1 rings (SSSR count). The molecule has 0 bridgehead atoms. The first-order chi connectivity index (χ1) is 25.5. The van der Waals surface area contributed by atoms with Gasteiger partial charge in [0, 0.05) is 13.0 Å². The Balaban J connectivity index is 2.45. The first-order valence-corrected chi connectivity index (χ1v) is 21.8. The fourth-order valence-electron chi connectivity index (χ4n) is 5.92. The van der Waals surface area contributed by atoms with Crippen LogP contribution in [-0.2, 0) is 27.9 Å². The predicted octanol–water partition coefficient (Wildman–Crippen LogP) is 7.14. The van der Waals surface area contributed by atoms with E-state index in [4.69, 9.17) is 18.5 Å². The molecule has 6 atom stereocenters. The summed E-state index contributed by atoms with van der Waals surface area (Å²) in [6, 6.07) is 0. The highest BCUT2D eigenvalue weighted by atomic mass is 31.2. The molecule has 6 N–H and O–H groups in total. The van der Waals surface area contributed by atoms with Crippen LogP contribution in [0.2, 0.25) is 0 Å². The number of phosphoric acid groups is 1. The molecule has 0 aliphatic heterocycles. The van der Waals surface area contributed by atoms with Crippen LogP contribution < -0.4 is 0 Å². The summed E-state index contributed by atoms with van der Waals surface area (Å²) >= 11 is 0. The van der Waals surface area contributed by atoms with Crippen molar-refractivity contribution in [2.75, 3.05) is 19.8 Å². The average Bonchev–Trinajstić information content (AvgIpc) is 3.14. The standard InChI is InChI=1S/C40H73O12P/c1-3-5-7-9-11-13-15-16-17-18-19-20-22-24-26-28-30-49-31-33(51-34(41)29-27-25-23-21-14-12-10-8-6-4-2)32-50-53(47,48)52-40-38(45)36(43)35(42)37(44)39(40)46/h8,10-11,13,16-17,33,35-40,42-46H,3-7,9,12,14-15,18-32H2,1-2H3,(H,47,48)/b10-8-,13-11-,17-16-. The third-order valence-electron chi connectivity index (χ3n) is 9.22. The molecule has 6 unspecified atom stereocenters. The predicted molar refractivity (Wildman–Crippen MR) is 207 cm³/mol. The summed E-state index contributed by atoms with van der Waals surface area (Å²) in [7, 11) is -5.01. The number of hydrogen-bond donors (Lipinski definition) is 6. The van der Waals surface area contributed by atoms with Crippen molar-refractivity contribution < 1.29 is 58.3 Å². The summed E-state index contributed by atoms with van der Waals surface area (Å²) in [5, 5.41) is 50.0. The molecule has 0 aromatic carbocycles. The lowest BCUT2D eigenvalue weighted by Crippen LogP contribution is -2.64. The smallest absolute Gasteiger partial charge is 0.457 e. The third kappa shape index (κ3) is 24.6. The second-order valence-corrected chi connectivity index (χ2v) is 15.5. The summed E-state index contributed by atoms with van der Waals surface area (Å²) in [5.41, 5.74) is 0. The molecule has 0 aromatic rings. The summed E-state index contributed by atoms with van der Waals surface area (Å²) < 4.78 is 34.0. The lowest BCUT2D eigenvalue weighted by atomic mass is 9.85. The van der Waals surface area contributed by atoms with E-state index in [0.29, 0.717) is 13.0 Å². The van der Waals surface area contributed by atoms with E-state index in [1.165, 1.54) is 32.1 Å². The SMILES string of the molecule is CCC/C=C\CCCCCCCC(=O)OC(COCCCCCCCC/C=C\C/C=C\CCCCC)COP(=O)(O)OC1C(O)C(O)C(O)C(O)C1O. The maximum absolute atomic E-state index is 12.7. The number of phosphoric ester groups is 1. The van der Waals surface area contributed by atoms with Crippen molar-refractivity contribution in [1.82, 2.24) is 0 Å². The number of rotatable bonds is 33. The minimum atomic E-state index is -5.01. The maximum atomic E-state index is 12.7. The Labute approximate surface area is 319 Å². The highest BCUT2D eigenvalue weighted by Gasteiger charge is 2.51. The van der Waals surface area contributed by atoms with Crippen LogP contribution in [0.5, 0.6) is 0 Å². The number of carbonyl (C=O) groups is 1. The third-order valence-corrected chi connectivity index (χ3v) is 10.2. The van der Waals surface area contributed by atoms with Crippen molar-refractivity contribution in [2.24, 2.45) is 0 Å². The molecule has 0 radical (unpaired) electrons. The molecular formula is C40H73O12P. The van der Waals surface area contributed by atoms with Gasteiger partial charge in [0.25, 0.3) is 0 Å². The molecular weight excluding hydrogens is 703 g/mol. The van der Waals surface area contributed by atoms with Gasteiger partial charge in [-0.05, 0) is 64.2 Å². The Hall–Kier alpha value is -1.44. The van der Waals surface area contributed by atoms with E-state index in [2.05, 4.69) is 50.3 Å². The van der Waals surface area contributed by atoms with E-state index in [9.17, 15) is 39.8 Å². The van der Waals surface area contributed by atoms with Gasteiger partial charge in [0.05, 0.1) is 13.2 Å². The van der Waals surface area contributed by atoms with Crippen LogP contribution in [0.1, 0.15) is 149 Å². The zero-order valence-corrected chi connectivity index (χ0v) is 33.5. The molecule has 0 aromatic heterocycles. The van der Waals surface area contributed by atoms with E-state index < -0.39 is 63.1 Å². The summed E-state index contributed by atoms with van der Waals surface area (Å²) in [6.07, 6.45) is 22.3. The molecule has 13 heteroatoms. The highest BCUT2D eigenvalue weighted by molar-refractivity contribution is 7.47. The van der Waals surface area contributed by atoms with E-state index in [0.717, 1.165) is 89.9 Å². The molecule has 53 heavy (non-hydrogen) atoms. The van der Waals surface area contributed by atoms with Crippen molar-refractivity contribution in [3.05, 3.63) is 36.5 Å². The zero-order chi connectivity index (χ0) is 39.2. The number of hydrogen-bond acceptors (Lipinski definition) is 11. The fourth-order valence-corrected chi connectivity index (χ4v) is 6.89. The minimum absolute atomic E-state index is 0.0874. The van der Waals surface area contributed by atoms with Crippen LogP contribution in [0.15, 0.2) is 36.5 Å². The number of ether oxygens (including phenoxy) is 2. The van der Waals surface area contributed by atoms with Gasteiger partial charge < -0.3 is 39.9 Å². The summed E-state index contributed by atoms with van der Waals surface area (Å²) in [5.74, 6) is -0.495. The molecule has 0 saturated heterocycles. The van der Waals surface area contributed by atoms with Gasteiger partial charge in [-0.2, -0.15) is 0 Å². The van der Waals surface area contributed by atoms with Crippen LogP contribution in [0.4, 0.5) is 0 Å². The molecule has 1 saturated carbocycles. The molecule has 1 fully saturated rings. The Morgan fingerprint density at radius 1 is 0.604 bits per heavy atom. The quantitative estimate of drug-likeness (QED) is 0.0171. The van der Waals surface area contributed by atoms with Gasteiger partial charge in [-0.1, -0.05) is 115 Å². The van der Waals surface area contributed by atoms with Crippen molar-refractivity contribution in [3.8, 4) is 0 Å². The summed E-state index contributed by atoms with van der Waals surface area (Å²) in [4.78, 5) is 23.0. The molecule has 310 valence electrons. The second-order valence-electron chi connectivity index (χ2n) is 14.1. The van der Waals surface area contributed by atoms with Gasteiger partial charge in [0.2, 0.25) is 0 Å². The Bertz CT molecular complexity index is 1020. The number of esters is 1. The molecule has 1 aliphatic carbocycles. The van der Waals surface area contributed by atoms with Gasteiger partial charge in [-0.3, -0.25) is 13.8 Å². The van der Waals surface area contributed by atoms with E-state index in [-0.39, 0.29) is 13.0 Å². The molecule has 12 nitrogen and oxygen atoms in total. The monoisotopic (exact) mass is 776 g/mol. The van der Waals surface area contributed by atoms with E-state index in [1.54, 1.807) is 0 Å². The maximum Gasteiger partial charge on any atom is 0.472 e. The highest BCUT2D eigenvalue weighted by Crippen LogP contribution is 2.47. The lowest BCUT2D eigenvalue weighted by molar-refractivity contribution is -0.220. The van der Waals surface area contributed by atoms with Crippen LogP contribution in [0.3, 0.4) is 0 Å². The molecule has 1 aliphatic rings. The van der Waals surface area contributed by atoms with Gasteiger partial charge in [-0.15, -0.1) is 0 Å². The van der Waals surface area contributed by atoms with Gasteiger partial charge in [0.15, 0.2) is 0 Å². The van der Waals surface area contributed by atoms with Gasteiger partial charge >= 0.3 is 13.8 Å². The first kappa shape index (κ1) is 49.6. The van der Waals surface area contributed by atoms with Crippen LogP contribution in [-0.4, -0.2) is 98.9 Å². The fraction of sp³-hybridized carbons (Fsp3) is 0.825.